The van der Waals surface area contributed by atoms with Crippen LogP contribution in [0.4, 0.5) is 0 Å². The molecule has 0 aromatic carbocycles. The molecule has 132 valence electrons. The lowest BCUT2D eigenvalue weighted by Crippen LogP contribution is -2.39. The highest BCUT2D eigenvalue weighted by atomic mass is 16.7. The summed E-state index contributed by atoms with van der Waals surface area (Å²) in [5, 5.41) is 6.85. The van der Waals surface area contributed by atoms with Crippen LogP contribution in [0.3, 0.4) is 0 Å². The lowest BCUT2D eigenvalue weighted by Gasteiger charge is -2.21. The molecular weight excluding hydrogens is 320 g/mol. The lowest BCUT2D eigenvalue weighted by atomic mass is 9.96. The van der Waals surface area contributed by atoms with Crippen molar-refractivity contribution in [2.45, 2.75) is 38.3 Å². The van der Waals surface area contributed by atoms with Crippen LogP contribution in [0.2, 0.25) is 0 Å². The van der Waals surface area contributed by atoms with Gasteiger partial charge in [-0.05, 0) is 24.0 Å². The SMILES string of the molecule is C[C@@H]1C[C@H]1C(=O)N1CC[C@@]2(CC(C(=O)NCc3cccnc3)=NO2)C1. The minimum atomic E-state index is -0.519. The zero-order valence-corrected chi connectivity index (χ0v) is 14.3. The van der Waals surface area contributed by atoms with E-state index in [1.54, 1.807) is 12.4 Å². The molecule has 7 heteroatoms. The van der Waals surface area contributed by atoms with E-state index in [2.05, 4.69) is 22.4 Å². The second kappa shape index (κ2) is 6.13. The lowest BCUT2D eigenvalue weighted by molar-refractivity contribution is -0.133. The highest BCUT2D eigenvalue weighted by Crippen LogP contribution is 2.42. The van der Waals surface area contributed by atoms with Gasteiger partial charge in [0.2, 0.25) is 5.91 Å². The van der Waals surface area contributed by atoms with Crippen molar-refractivity contribution in [3.8, 4) is 0 Å². The predicted octanol–water partition coefficient (Wildman–Crippen LogP) is 1.10. The molecule has 3 aliphatic rings. The molecule has 1 spiro atoms. The number of hydrogen-bond acceptors (Lipinski definition) is 5. The van der Waals surface area contributed by atoms with Crippen LogP contribution in [-0.4, -0.2) is 46.1 Å². The van der Waals surface area contributed by atoms with E-state index in [1.165, 1.54) is 0 Å². The molecule has 1 N–H and O–H groups in total. The van der Waals surface area contributed by atoms with Gasteiger partial charge in [-0.1, -0.05) is 18.1 Å². The van der Waals surface area contributed by atoms with E-state index < -0.39 is 5.60 Å². The minimum absolute atomic E-state index is 0.180. The Hall–Kier alpha value is -2.44. The van der Waals surface area contributed by atoms with Gasteiger partial charge in [0.15, 0.2) is 5.60 Å². The largest absolute Gasteiger partial charge is 0.386 e. The molecule has 1 aromatic rings. The van der Waals surface area contributed by atoms with Crippen molar-refractivity contribution in [2.75, 3.05) is 13.1 Å². The van der Waals surface area contributed by atoms with Gasteiger partial charge in [0.05, 0.1) is 6.54 Å². The normalized spacial score (nSPS) is 30.1. The van der Waals surface area contributed by atoms with Crippen molar-refractivity contribution < 1.29 is 14.4 Å². The molecule has 25 heavy (non-hydrogen) atoms. The summed E-state index contributed by atoms with van der Waals surface area (Å²) in [4.78, 5) is 36.2. The van der Waals surface area contributed by atoms with Gasteiger partial charge in [-0.2, -0.15) is 0 Å². The number of hydrogen-bond donors (Lipinski definition) is 1. The van der Waals surface area contributed by atoms with Crippen molar-refractivity contribution in [3.05, 3.63) is 30.1 Å². The van der Waals surface area contributed by atoms with Crippen LogP contribution in [0.5, 0.6) is 0 Å². The molecule has 0 unspecified atom stereocenters. The summed E-state index contributed by atoms with van der Waals surface area (Å²) in [6.07, 6.45) is 5.58. The molecule has 3 atom stereocenters. The predicted molar refractivity (Wildman–Crippen MR) is 90.4 cm³/mol. The number of aromatic nitrogens is 1. The molecule has 2 fully saturated rings. The van der Waals surface area contributed by atoms with Crippen molar-refractivity contribution in [1.82, 2.24) is 15.2 Å². The maximum absolute atomic E-state index is 12.4. The molecule has 1 aromatic heterocycles. The van der Waals surface area contributed by atoms with Gasteiger partial charge in [0, 0.05) is 44.2 Å². The Labute approximate surface area is 146 Å². The zero-order chi connectivity index (χ0) is 17.4. The Bertz CT molecular complexity index is 720. The zero-order valence-electron chi connectivity index (χ0n) is 14.3. The minimum Gasteiger partial charge on any atom is -0.386 e. The van der Waals surface area contributed by atoms with Gasteiger partial charge in [-0.25, -0.2) is 0 Å². The standard InChI is InChI=1S/C18H22N4O3/c1-12-7-14(12)17(24)22-6-4-18(11-22)8-15(21-25-18)16(23)20-10-13-3-2-5-19-9-13/h2-3,5,9,12,14H,4,6-8,10-11H2,1H3,(H,20,23)/t12-,14-,18-/m1/s1. The highest BCUT2D eigenvalue weighted by molar-refractivity contribution is 6.39. The van der Waals surface area contributed by atoms with Crippen molar-refractivity contribution in [2.24, 2.45) is 17.0 Å². The van der Waals surface area contributed by atoms with Crippen LogP contribution in [0.25, 0.3) is 0 Å². The quantitative estimate of drug-likeness (QED) is 0.888. The number of oxime groups is 1. The third-order valence-electron chi connectivity index (χ3n) is 5.33. The Morgan fingerprint density at radius 2 is 2.32 bits per heavy atom. The summed E-state index contributed by atoms with van der Waals surface area (Å²) >= 11 is 0. The van der Waals surface area contributed by atoms with Gasteiger partial charge in [-0.15, -0.1) is 0 Å². The summed E-state index contributed by atoms with van der Waals surface area (Å²) in [5.74, 6) is 0.683. The van der Waals surface area contributed by atoms with E-state index in [1.807, 2.05) is 17.0 Å². The van der Waals surface area contributed by atoms with Crippen LogP contribution in [0.1, 0.15) is 31.7 Å². The number of nitrogens with zero attached hydrogens (tertiary/aromatic N) is 3. The Morgan fingerprint density at radius 3 is 3.04 bits per heavy atom. The van der Waals surface area contributed by atoms with E-state index in [4.69, 9.17) is 4.84 Å². The average molecular weight is 342 g/mol. The Morgan fingerprint density at radius 1 is 1.48 bits per heavy atom. The molecule has 1 aliphatic carbocycles. The molecule has 0 radical (unpaired) electrons. The van der Waals surface area contributed by atoms with Gasteiger partial charge in [0.1, 0.15) is 5.71 Å². The van der Waals surface area contributed by atoms with Gasteiger partial charge in [-0.3, -0.25) is 14.6 Å². The molecule has 2 amide bonds. The number of carbonyl (C=O) groups excluding carboxylic acids is 2. The fourth-order valence-corrected chi connectivity index (χ4v) is 3.58. The molecular formula is C18H22N4O3. The smallest absolute Gasteiger partial charge is 0.269 e. The van der Waals surface area contributed by atoms with Crippen LogP contribution < -0.4 is 5.32 Å². The number of pyridine rings is 1. The first kappa shape index (κ1) is 16.1. The second-order valence-corrected chi connectivity index (χ2v) is 7.36. The maximum atomic E-state index is 12.4. The third kappa shape index (κ3) is 3.23. The van der Waals surface area contributed by atoms with Crippen molar-refractivity contribution in [3.63, 3.8) is 0 Å². The second-order valence-electron chi connectivity index (χ2n) is 7.36. The van der Waals surface area contributed by atoms with Gasteiger partial charge < -0.3 is 15.1 Å². The summed E-state index contributed by atoms with van der Waals surface area (Å²) in [7, 11) is 0. The molecule has 7 nitrogen and oxygen atoms in total. The van der Waals surface area contributed by atoms with Crippen LogP contribution in [0.15, 0.2) is 29.7 Å². The first-order valence-electron chi connectivity index (χ1n) is 8.77. The highest BCUT2D eigenvalue weighted by Gasteiger charge is 2.51. The van der Waals surface area contributed by atoms with Crippen LogP contribution >= 0.6 is 0 Å². The number of amides is 2. The van der Waals surface area contributed by atoms with Gasteiger partial charge in [0.25, 0.3) is 5.91 Å². The first-order valence-corrected chi connectivity index (χ1v) is 8.77. The summed E-state index contributed by atoms with van der Waals surface area (Å²) < 4.78 is 0. The summed E-state index contributed by atoms with van der Waals surface area (Å²) in [5.41, 5.74) is 0.814. The summed E-state index contributed by atoms with van der Waals surface area (Å²) in [6, 6.07) is 3.73. The fourth-order valence-electron chi connectivity index (χ4n) is 3.58. The molecule has 1 saturated carbocycles. The number of nitrogens with one attached hydrogen (secondary N) is 1. The van der Waals surface area contributed by atoms with E-state index in [9.17, 15) is 9.59 Å². The third-order valence-corrected chi connectivity index (χ3v) is 5.33. The number of likely N-dealkylation sites (tertiary alicyclic amines) is 1. The molecule has 3 heterocycles. The monoisotopic (exact) mass is 342 g/mol. The topological polar surface area (TPSA) is 83.9 Å². The van der Waals surface area contributed by atoms with E-state index in [0.717, 1.165) is 18.4 Å². The number of rotatable bonds is 4. The molecule has 0 bridgehead atoms. The fraction of sp³-hybridized carbons (Fsp3) is 0.556. The van der Waals surface area contributed by atoms with Crippen molar-refractivity contribution in [1.29, 1.82) is 0 Å². The average Bonchev–Trinajstić information content (AvgIpc) is 3.05. The van der Waals surface area contributed by atoms with E-state index in [0.29, 0.717) is 37.7 Å². The maximum Gasteiger partial charge on any atom is 0.269 e. The van der Waals surface area contributed by atoms with Gasteiger partial charge >= 0.3 is 0 Å². The Balaban J connectivity index is 1.30. The molecule has 1 saturated heterocycles. The number of carbonyl (C=O) groups is 2. The first-order chi connectivity index (χ1) is 12.1. The van der Waals surface area contributed by atoms with E-state index >= 15 is 0 Å². The van der Waals surface area contributed by atoms with E-state index in [-0.39, 0.29) is 17.7 Å². The van der Waals surface area contributed by atoms with Crippen LogP contribution in [0, 0.1) is 11.8 Å². The summed E-state index contributed by atoms with van der Waals surface area (Å²) in [6.45, 7) is 3.72. The molecule has 4 rings (SSSR count). The van der Waals surface area contributed by atoms with Crippen LogP contribution in [-0.2, 0) is 21.0 Å². The Kier molecular flexibility index (Phi) is 3.94. The molecule has 2 aliphatic heterocycles. The van der Waals surface area contributed by atoms with Crippen molar-refractivity contribution >= 4 is 17.5 Å².